The van der Waals surface area contributed by atoms with Crippen molar-refractivity contribution in [3.8, 4) is 10.7 Å². The molecule has 0 fully saturated rings. The molecule has 0 spiro atoms. The number of H-pyrrole nitrogens is 1. The van der Waals surface area contributed by atoms with Crippen molar-refractivity contribution in [3.63, 3.8) is 0 Å². The predicted octanol–water partition coefficient (Wildman–Crippen LogP) is 4.69. The number of nitrogens with one attached hydrogen (secondary N) is 1. The summed E-state index contributed by atoms with van der Waals surface area (Å²) in [6.07, 6.45) is 2.18. The van der Waals surface area contributed by atoms with Gasteiger partial charge in [0.1, 0.15) is 0 Å². The van der Waals surface area contributed by atoms with Crippen molar-refractivity contribution in [1.29, 1.82) is 0 Å². The second-order valence-electron chi connectivity index (χ2n) is 7.13. The van der Waals surface area contributed by atoms with Crippen LogP contribution < -0.4 is 11.0 Å². The highest BCUT2D eigenvalue weighted by atomic mass is 79.9. The zero-order valence-electron chi connectivity index (χ0n) is 15.6. The molecule has 0 unspecified atom stereocenters. The Morgan fingerprint density at radius 1 is 1.27 bits per heavy atom. The van der Waals surface area contributed by atoms with Gasteiger partial charge in [-0.25, -0.2) is 4.98 Å². The van der Waals surface area contributed by atoms with Crippen LogP contribution in [-0.2, 0) is 19.5 Å². The topological polar surface area (TPSA) is 79.2 Å². The van der Waals surface area contributed by atoms with Gasteiger partial charge in [0.15, 0.2) is 16.8 Å². The first-order chi connectivity index (χ1) is 14.5. The van der Waals surface area contributed by atoms with Crippen molar-refractivity contribution in [2.45, 2.75) is 19.5 Å². The number of nitrogens with zero attached hydrogens (tertiary/aromatic N) is 2. The van der Waals surface area contributed by atoms with Crippen LogP contribution in [0.25, 0.3) is 21.7 Å². The highest BCUT2D eigenvalue weighted by Crippen LogP contribution is 2.28. The molecule has 0 saturated carbocycles. The Morgan fingerprint density at radius 3 is 2.93 bits per heavy atom. The highest BCUT2D eigenvalue weighted by molar-refractivity contribution is 9.11. The first kappa shape index (κ1) is 19.9. The molecule has 0 atom stereocenters. The van der Waals surface area contributed by atoms with Crippen LogP contribution in [0.1, 0.15) is 16.8 Å². The Bertz CT molecular complexity index is 1380. The summed E-state index contributed by atoms with van der Waals surface area (Å²) in [6.45, 7) is 1.57. The molecule has 5 rings (SSSR count). The Morgan fingerprint density at radius 2 is 2.13 bits per heavy atom. The number of thiophene rings is 1. The van der Waals surface area contributed by atoms with Crippen molar-refractivity contribution in [3.05, 3.63) is 82.3 Å². The van der Waals surface area contributed by atoms with Crippen molar-refractivity contribution in [1.82, 2.24) is 14.9 Å². The van der Waals surface area contributed by atoms with Gasteiger partial charge in [0.2, 0.25) is 0 Å². The molecule has 1 aliphatic heterocycles. The maximum Gasteiger partial charge on any atom is 0.255 e. The van der Waals surface area contributed by atoms with Gasteiger partial charge in [0.05, 0.1) is 32.3 Å². The van der Waals surface area contributed by atoms with Crippen LogP contribution in [0.15, 0.2) is 58.9 Å². The maximum atomic E-state index is 13.0. The van der Waals surface area contributed by atoms with Crippen LogP contribution in [0.2, 0.25) is 0 Å². The number of aromatic amines is 1. The molecule has 1 aromatic carbocycles. The molecule has 30 heavy (non-hydrogen) atoms. The van der Waals surface area contributed by atoms with Crippen LogP contribution in [0, 0.1) is 0 Å². The van der Waals surface area contributed by atoms with Gasteiger partial charge in [0, 0.05) is 36.1 Å². The van der Waals surface area contributed by atoms with Crippen LogP contribution in [0.5, 0.6) is 0 Å². The number of hydrogen-bond donors (Lipinski definition) is 1. The van der Waals surface area contributed by atoms with E-state index >= 15 is 0 Å². The van der Waals surface area contributed by atoms with Gasteiger partial charge >= 0.3 is 0 Å². The third-order valence-corrected chi connectivity index (χ3v) is 7.08. The first-order valence-corrected chi connectivity index (χ1v) is 11.7. The lowest BCUT2D eigenvalue weighted by molar-refractivity contribution is 0.239. The van der Waals surface area contributed by atoms with Gasteiger partial charge in [-0.05, 0) is 39.5 Å². The third-order valence-electron chi connectivity index (χ3n) is 5.16. The van der Waals surface area contributed by atoms with Crippen molar-refractivity contribution < 1.29 is 4.42 Å². The molecule has 4 heterocycles. The highest BCUT2D eigenvalue weighted by Gasteiger charge is 2.23. The quantitative estimate of drug-likeness (QED) is 0.402. The summed E-state index contributed by atoms with van der Waals surface area (Å²) in [5.74, 6) is 0.619. The fourth-order valence-corrected chi connectivity index (χ4v) is 5.69. The molecule has 1 aliphatic rings. The largest absolute Gasteiger partial charge is 0.463 e. The fourth-order valence-electron chi connectivity index (χ4n) is 3.70. The number of fused-ring (bicyclic) bond motifs is 2. The van der Waals surface area contributed by atoms with E-state index in [1.54, 1.807) is 17.4 Å². The van der Waals surface area contributed by atoms with E-state index in [4.69, 9.17) is 4.42 Å². The van der Waals surface area contributed by atoms with E-state index in [0.717, 1.165) is 19.5 Å². The molecule has 0 radical (unpaired) electrons. The van der Waals surface area contributed by atoms with E-state index < -0.39 is 0 Å². The maximum absolute atomic E-state index is 13.0. The minimum absolute atomic E-state index is 0.0656. The van der Waals surface area contributed by atoms with Crippen LogP contribution >= 0.6 is 43.2 Å². The van der Waals surface area contributed by atoms with Crippen LogP contribution in [0.4, 0.5) is 0 Å². The second kappa shape index (κ2) is 7.88. The number of aromatic nitrogens is 2. The average Bonchev–Trinajstić information content (AvgIpc) is 3.26. The van der Waals surface area contributed by atoms with Crippen molar-refractivity contribution >= 4 is 54.2 Å². The zero-order valence-corrected chi connectivity index (χ0v) is 19.6. The molecule has 9 heteroatoms. The fraction of sp³-hybridized carbons (Fsp3) is 0.190. The molecule has 0 aliphatic carbocycles. The molecule has 6 nitrogen and oxygen atoms in total. The van der Waals surface area contributed by atoms with Crippen LogP contribution in [0.3, 0.4) is 0 Å². The van der Waals surface area contributed by atoms with Crippen molar-refractivity contribution in [2.75, 3.05) is 6.54 Å². The summed E-state index contributed by atoms with van der Waals surface area (Å²) in [4.78, 5) is 36.3. The molecule has 152 valence electrons. The molecule has 3 aromatic heterocycles. The van der Waals surface area contributed by atoms with E-state index in [0.29, 0.717) is 54.0 Å². The summed E-state index contributed by atoms with van der Waals surface area (Å²) in [5, 5.41) is 2.48. The van der Waals surface area contributed by atoms with Gasteiger partial charge in [-0.1, -0.05) is 22.0 Å². The van der Waals surface area contributed by atoms with E-state index in [2.05, 4.69) is 46.7 Å². The Kier molecular flexibility index (Phi) is 5.22. The SMILES string of the molecule is O=c1[nH]c(-c2cccs2)nc2c1CN(Cc1coc3c(Br)cc(Br)cc3c1=O)CC2. The Labute approximate surface area is 191 Å². The van der Waals surface area contributed by atoms with E-state index in [9.17, 15) is 9.59 Å². The van der Waals surface area contributed by atoms with E-state index in [-0.39, 0.29) is 11.0 Å². The third kappa shape index (κ3) is 3.60. The number of benzene rings is 1. The summed E-state index contributed by atoms with van der Waals surface area (Å²) in [7, 11) is 0. The molecule has 0 amide bonds. The first-order valence-electron chi connectivity index (χ1n) is 9.27. The van der Waals surface area contributed by atoms with Crippen LogP contribution in [-0.4, -0.2) is 21.4 Å². The lowest BCUT2D eigenvalue weighted by atomic mass is 10.1. The standard InChI is InChI=1S/C21H15Br2N3O3S/c22-12-6-13-18(27)11(10-29-19(13)15(23)7-12)8-26-4-3-16-14(9-26)21(28)25-20(24-16)17-2-1-5-30-17/h1-2,5-7,10H,3-4,8-9H2,(H,24,25,28). The molecule has 4 aromatic rings. The van der Waals surface area contributed by atoms with E-state index in [1.807, 2.05) is 23.6 Å². The monoisotopic (exact) mass is 547 g/mol. The molecule has 0 bridgehead atoms. The summed E-state index contributed by atoms with van der Waals surface area (Å²) in [5.41, 5.74) is 2.40. The summed E-state index contributed by atoms with van der Waals surface area (Å²) >= 11 is 8.40. The second-order valence-corrected chi connectivity index (χ2v) is 9.85. The molecular weight excluding hydrogens is 534 g/mol. The number of halogens is 2. The molecular formula is C21H15Br2N3O3S. The van der Waals surface area contributed by atoms with Gasteiger partial charge in [-0.3, -0.25) is 14.5 Å². The minimum Gasteiger partial charge on any atom is -0.463 e. The summed E-state index contributed by atoms with van der Waals surface area (Å²) < 4.78 is 7.25. The lowest BCUT2D eigenvalue weighted by Crippen LogP contribution is -2.36. The number of hydrogen-bond acceptors (Lipinski definition) is 6. The van der Waals surface area contributed by atoms with Crippen molar-refractivity contribution in [2.24, 2.45) is 0 Å². The number of rotatable bonds is 3. The molecule has 1 N–H and O–H groups in total. The minimum atomic E-state index is -0.119. The predicted molar refractivity (Wildman–Crippen MR) is 124 cm³/mol. The summed E-state index contributed by atoms with van der Waals surface area (Å²) in [6, 6.07) is 7.49. The average molecular weight is 549 g/mol. The van der Waals surface area contributed by atoms with Gasteiger partial charge < -0.3 is 9.40 Å². The van der Waals surface area contributed by atoms with Gasteiger partial charge in [-0.2, -0.15) is 0 Å². The normalized spacial score (nSPS) is 14.2. The van der Waals surface area contributed by atoms with Gasteiger partial charge in [-0.15, -0.1) is 11.3 Å². The van der Waals surface area contributed by atoms with E-state index in [1.165, 1.54) is 6.26 Å². The van der Waals surface area contributed by atoms with Gasteiger partial charge in [0.25, 0.3) is 5.56 Å². The molecule has 0 saturated heterocycles. The zero-order chi connectivity index (χ0) is 20.8. The lowest BCUT2D eigenvalue weighted by Gasteiger charge is -2.27. The smallest absolute Gasteiger partial charge is 0.255 e. The Hall–Kier alpha value is -2.07. The Balaban J connectivity index is 1.44.